The molecule has 2 fully saturated rings. The van der Waals surface area contributed by atoms with Crippen molar-refractivity contribution in [2.45, 2.75) is 88.4 Å². The average molecular weight is 387 g/mol. The molecular weight excluding hydrogens is 352 g/mol. The van der Waals surface area contributed by atoms with Crippen LogP contribution >= 0.6 is 0 Å². The van der Waals surface area contributed by atoms with Gasteiger partial charge in [-0.1, -0.05) is 106 Å². The summed E-state index contributed by atoms with van der Waals surface area (Å²) in [7, 11) is 0. The summed E-state index contributed by atoms with van der Waals surface area (Å²) in [6, 6.07) is 23.1. The molecule has 2 nitrogen and oxygen atoms in total. The molecule has 5 rings (SSSR count). The molecule has 1 saturated carbocycles. The van der Waals surface area contributed by atoms with Crippen LogP contribution in [0.3, 0.4) is 0 Å². The molecule has 2 aromatic rings. The van der Waals surface area contributed by atoms with E-state index in [0.717, 1.165) is 0 Å². The van der Waals surface area contributed by atoms with E-state index < -0.39 is 0 Å². The lowest BCUT2D eigenvalue weighted by Gasteiger charge is -2.31. The smallest absolute Gasteiger partial charge is 0.114 e. The van der Waals surface area contributed by atoms with Gasteiger partial charge in [0.2, 0.25) is 0 Å². The molecule has 2 aliphatic heterocycles. The highest BCUT2D eigenvalue weighted by Gasteiger charge is 2.64. The first kappa shape index (κ1) is 19.1. The summed E-state index contributed by atoms with van der Waals surface area (Å²) < 4.78 is 0. The minimum absolute atomic E-state index is 0.0234. The molecule has 0 bridgehead atoms. The fourth-order valence-corrected chi connectivity index (χ4v) is 5.76. The van der Waals surface area contributed by atoms with Crippen LogP contribution in [0.25, 0.3) is 0 Å². The number of nitrogens with zero attached hydrogens (tertiary/aromatic N) is 2. The molecule has 0 radical (unpaired) electrons. The zero-order chi connectivity index (χ0) is 19.5. The first-order valence-corrected chi connectivity index (χ1v) is 11.9. The molecule has 1 saturated heterocycles. The average Bonchev–Trinajstić information content (AvgIpc) is 3.43. The predicted octanol–water partition coefficient (Wildman–Crippen LogP) is 6.92. The van der Waals surface area contributed by atoms with Gasteiger partial charge < -0.3 is 0 Å². The Morgan fingerprint density at radius 3 is 1.72 bits per heavy atom. The van der Waals surface area contributed by atoms with Crippen LogP contribution in [0.15, 0.2) is 65.7 Å². The fraction of sp³-hybridized carbons (Fsp3) is 0.519. The molecule has 1 unspecified atom stereocenters. The van der Waals surface area contributed by atoms with Gasteiger partial charge in [0, 0.05) is 0 Å². The Bertz CT molecular complexity index is 814. The molecule has 0 amide bonds. The van der Waals surface area contributed by atoms with E-state index in [9.17, 15) is 0 Å². The van der Waals surface area contributed by atoms with Gasteiger partial charge in [-0.05, 0) is 36.8 Å². The number of fused-ring (bicyclic) bond motifs is 2. The summed E-state index contributed by atoms with van der Waals surface area (Å²) in [6.45, 7) is 0. The maximum absolute atomic E-state index is 5.53. The fourth-order valence-electron chi connectivity index (χ4n) is 5.76. The monoisotopic (exact) mass is 386 g/mol. The van der Waals surface area contributed by atoms with Crippen molar-refractivity contribution < 1.29 is 0 Å². The van der Waals surface area contributed by atoms with Crippen molar-refractivity contribution in [3.8, 4) is 0 Å². The Balaban J connectivity index is 1.48. The van der Waals surface area contributed by atoms with E-state index in [1.807, 2.05) is 0 Å². The first-order chi connectivity index (χ1) is 14.4. The summed E-state index contributed by atoms with van der Waals surface area (Å²) >= 11 is 0. The lowest BCUT2D eigenvalue weighted by Crippen LogP contribution is -2.34. The maximum Gasteiger partial charge on any atom is 0.114 e. The highest BCUT2D eigenvalue weighted by molar-refractivity contribution is 6.08. The number of benzene rings is 2. The Kier molecular flexibility index (Phi) is 5.54. The molecule has 0 aromatic heterocycles. The van der Waals surface area contributed by atoms with Crippen molar-refractivity contribution in [2.24, 2.45) is 4.99 Å². The Labute approximate surface area is 176 Å². The largest absolute Gasteiger partial charge is 0.265 e. The number of hydrogen-bond donors (Lipinski definition) is 0. The summed E-state index contributed by atoms with van der Waals surface area (Å²) in [5, 5.41) is 0. The van der Waals surface area contributed by atoms with Crippen LogP contribution in [0, 0.1) is 0 Å². The van der Waals surface area contributed by atoms with E-state index in [1.165, 1.54) is 87.5 Å². The molecule has 1 spiro atoms. The minimum Gasteiger partial charge on any atom is -0.265 e. The van der Waals surface area contributed by atoms with E-state index >= 15 is 0 Å². The second-order valence-corrected chi connectivity index (χ2v) is 9.24. The second kappa shape index (κ2) is 8.44. The standard InChI is InChI=1S/C27H34N2/c1-2-4-6-14-20-27(21-15-7-5-3-1)28-24(22-16-10-8-11-17-22)26-25(29(26)27)23-18-12-9-13-19-23/h8-13,16-19,25-26H,1-7,14-15,20-21H2/t25-,26-,29?/m0/s1. The molecular formula is C27H34N2. The van der Waals surface area contributed by atoms with E-state index in [-0.39, 0.29) is 5.66 Å². The molecule has 3 atom stereocenters. The van der Waals surface area contributed by atoms with Gasteiger partial charge in [-0.3, -0.25) is 9.89 Å². The van der Waals surface area contributed by atoms with Gasteiger partial charge in [0.1, 0.15) is 5.66 Å². The topological polar surface area (TPSA) is 15.4 Å². The number of aliphatic imine (C=N–C) groups is 1. The van der Waals surface area contributed by atoms with Crippen LogP contribution in [0.4, 0.5) is 0 Å². The van der Waals surface area contributed by atoms with Crippen LogP contribution < -0.4 is 0 Å². The number of rotatable bonds is 2. The van der Waals surface area contributed by atoms with E-state index in [1.54, 1.807) is 0 Å². The molecule has 1 aliphatic carbocycles. The quantitative estimate of drug-likeness (QED) is 0.512. The Hall–Kier alpha value is -1.93. The molecule has 2 aromatic carbocycles. The maximum atomic E-state index is 5.53. The van der Waals surface area contributed by atoms with E-state index in [4.69, 9.17) is 4.99 Å². The summed E-state index contributed by atoms with van der Waals surface area (Å²) in [6.07, 6.45) is 14.9. The molecule has 29 heavy (non-hydrogen) atoms. The lowest BCUT2D eigenvalue weighted by molar-refractivity contribution is 0.182. The molecule has 152 valence electrons. The van der Waals surface area contributed by atoms with Crippen LogP contribution in [0.2, 0.25) is 0 Å². The van der Waals surface area contributed by atoms with Gasteiger partial charge in [-0.15, -0.1) is 0 Å². The molecule has 0 N–H and O–H groups in total. The predicted molar refractivity (Wildman–Crippen MR) is 121 cm³/mol. The summed E-state index contributed by atoms with van der Waals surface area (Å²) in [5.41, 5.74) is 4.15. The van der Waals surface area contributed by atoms with Gasteiger partial charge in [0.25, 0.3) is 0 Å². The lowest BCUT2D eigenvalue weighted by atomic mass is 9.92. The van der Waals surface area contributed by atoms with Crippen molar-refractivity contribution in [1.29, 1.82) is 0 Å². The van der Waals surface area contributed by atoms with Gasteiger partial charge in [-0.2, -0.15) is 0 Å². The van der Waals surface area contributed by atoms with Crippen molar-refractivity contribution in [2.75, 3.05) is 0 Å². The van der Waals surface area contributed by atoms with E-state index in [0.29, 0.717) is 12.1 Å². The molecule has 3 aliphatic rings. The Morgan fingerprint density at radius 1 is 0.621 bits per heavy atom. The van der Waals surface area contributed by atoms with Gasteiger partial charge >= 0.3 is 0 Å². The SMILES string of the molecule is c1ccc(C2=NC3(CCCCCCCCCCC3)N3[C@@H]2[C@@H]3c2ccccc2)cc1. The third kappa shape index (κ3) is 3.80. The van der Waals surface area contributed by atoms with Crippen molar-refractivity contribution in [3.63, 3.8) is 0 Å². The van der Waals surface area contributed by atoms with Crippen LogP contribution in [-0.4, -0.2) is 22.3 Å². The van der Waals surface area contributed by atoms with Crippen molar-refractivity contribution >= 4 is 5.71 Å². The van der Waals surface area contributed by atoms with Crippen LogP contribution in [0.5, 0.6) is 0 Å². The third-order valence-electron chi connectivity index (χ3n) is 7.26. The number of hydrogen-bond acceptors (Lipinski definition) is 2. The highest BCUT2D eigenvalue weighted by atomic mass is 15.5. The van der Waals surface area contributed by atoms with Gasteiger partial charge in [0.05, 0.1) is 17.8 Å². The first-order valence-electron chi connectivity index (χ1n) is 11.9. The van der Waals surface area contributed by atoms with Gasteiger partial charge in [-0.25, -0.2) is 0 Å². The van der Waals surface area contributed by atoms with Crippen LogP contribution in [-0.2, 0) is 0 Å². The zero-order valence-corrected chi connectivity index (χ0v) is 17.6. The van der Waals surface area contributed by atoms with E-state index in [2.05, 4.69) is 65.6 Å². The minimum atomic E-state index is 0.0234. The second-order valence-electron chi connectivity index (χ2n) is 9.24. The Morgan fingerprint density at radius 2 is 1.14 bits per heavy atom. The normalized spacial score (nSPS) is 29.4. The van der Waals surface area contributed by atoms with Crippen molar-refractivity contribution in [3.05, 3.63) is 71.8 Å². The highest BCUT2D eigenvalue weighted by Crippen LogP contribution is 2.58. The summed E-state index contributed by atoms with van der Waals surface area (Å²) in [5.74, 6) is 0. The molecule has 2 heteroatoms. The zero-order valence-electron chi connectivity index (χ0n) is 17.6. The van der Waals surface area contributed by atoms with Crippen molar-refractivity contribution in [1.82, 2.24) is 4.90 Å². The van der Waals surface area contributed by atoms with Crippen LogP contribution in [0.1, 0.15) is 87.8 Å². The summed E-state index contributed by atoms with van der Waals surface area (Å²) in [4.78, 5) is 8.30. The third-order valence-corrected chi connectivity index (χ3v) is 7.26. The molecule has 2 heterocycles. The van der Waals surface area contributed by atoms with Gasteiger partial charge in [0.15, 0.2) is 0 Å².